The number of rotatable bonds is 3. The lowest BCUT2D eigenvalue weighted by Gasteiger charge is -2.20. The predicted molar refractivity (Wildman–Crippen MR) is 106 cm³/mol. The van der Waals surface area contributed by atoms with E-state index in [0.717, 1.165) is 12.0 Å². The highest BCUT2D eigenvalue weighted by Gasteiger charge is 2.23. The lowest BCUT2D eigenvalue weighted by atomic mass is 9.88. The molecule has 1 aliphatic rings. The highest BCUT2D eigenvalue weighted by Crippen LogP contribution is 2.38. The first-order valence-electron chi connectivity index (χ1n) is 8.62. The summed E-state index contributed by atoms with van der Waals surface area (Å²) < 4.78 is 0. The molecule has 3 rings (SSSR count). The molecule has 2 aromatic carbocycles. The van der Waals surface area contributed by atoms with Crippen LogP contribution in [0.15, 0.2) is 47.4 Å². The van der Waals surface area contributed by atoms with Crippen LogP contribution in [-0.4, -0.2) is 16.8 Å². The number of aryl methyl sites for hydroxylation is 1. The molecular weight excluding hydrogens is 328 g/mol. The van der Waals surface area contributed by atoms with E-state index in [2.05, 4.69) is 45.0 Å². The fourth-order valence-electron chi connectivity index (χ4n) is 3.03. The van der Waals surface area contributed by atoms with Gasteiger partial charge in [0.25, 0.3) is 0 Å². The highest BCUT2D eigenvalue weighted by molar-refractivity contribution is 7.99. The summed E-state index contributed by atoms with van der Waals surface area (Å²) in [6.45, 7) is 6.80. The van der Waals surface area contributed by atoms with Crippen molar-refractivity contribution < 1.29 is 9.90 Å². The van der Waals surface area contributed by atoms with Crippen molar-refractivity contribution in [1.82, 2.24) is 0 Å². The molecule has 1 heterocycles. The Bertz CT molecular complexity index is 816. The molecular formula is C22H24O2S. The van der Waals surface area contributed by atoms with Crippen molar-refractivity contribution in [3.63, 3.8) is 0 Å². The van der Waals surface area contributed by atoms with Crippen molar-refractivity contribution in [2.24, 2.45) is 5.41 Å². The smallest absolute Gasteiger partial charge is 0.335 e. The van der Waals surface area contributed by atoms with Gasteiger partial charge in [-0.1, -0.05) is 44.2 Å². The second-order valence-electron chi connectivity index (χ2n) is 7.53. The van der Waals surface area contributed by atoms with Crippen molar-refractivity contribution in [2.75, 3.05) is 5.75 Å². The fraction of sp³-hybridized carbons (Fsp3) is 0.318. The van der Waals surface area contributed by atoms with Crippen LogP contribution in [0.4, 0.5) is 0 Å². The molecule has 3 heteroatoms. The minimum Gasteiger partial charge on any atom is -0.478 e. The third-order valence-electron chi connectivity index (χ3n) is 4.75. The van der Waals surface area contributed by atoms with E-state index >= 15 is 0 Å². The van der Waals surface area contributed by atoms with Crippen molar-refractivity contribution in [3.05, 3.63) is 64.7 Å². The maximum absolute atomic E-state index is 10.9. The van der Waals surface area contributed by atoms with Crippen molar-refractivity contribution in [2.45, 2.75) is 38.5 Å². The molecule has 2 aromatic rings. The van der Waals surface area contributed by atoms with Crippen LogP contribution in [0, 0.1) is 5.41 Å². The van der Waals surface area contributed by atoms with Crippen LogP contribution in [0.3, 0.4) is 0 Å². The number of fused-ring (bicyclic) bond motifs is 1. The van der Waals surface area contributed by atoms with E-state index in [1.54, 1.807) is 12.1 Å². The first-order chi connectivity index (χ1) is 11.8. The Hall–Kier alpha value is -2.00. The summed E-state index contributed by atoms with van der Waals surface area (Å²) >= 11 is 1.97. The van der Waals surface area contributed by atoms with Gasteiger partial charge in [-0.15, -0.1) is 11.8 Å². The van der Waals surface area contributed by atoms with Crippen LogP contribution in [0.1, 0.15) is 54.2 Å². The molecule has 1 N–H and O–H groups in total. The molecule has 0 radical (unpaired) electrons. The van der Waals surface area contributed by atoms with E-state index in [4.69, 9.17) is 5.11 Å². The molecule has 1 aliphatic heterocycles. The van der Waals surface area contributed by atoms with Crippen molar-refractivity contribution in [3.8, 4) is 0 Å². The van der Waals surface area contributed by atoms with Gasteiger partial charge in [-0.2, -0.15) is 0 Å². The summed E-state index contributed by atoms with van der Waals surface area (Å²) in [7, 11) is 0. The minimum absolute atomic E-state index is 0.319. The normalized spacial score (nSPS) is 16.8. The van der Waals surface area contributed by atoms with Crippen LogP contribution in [-0.2, 0) is 6.42 Å². The Morgan fingerprint density at radius 2 is 1.80 bits per heavy atom. The lowest BCUT2D eigenvalue weighted by Crippen LogP contribution is -2.13. The number of aromatic carboxylic acids is 1. The molecule has 0 aliphatic carbocycles. The number of hydrogen-bond donors (Lipinski definition) is 1. The third kappa shape index (κ3) is 4.35. The maximum atomic E-state index is 10.9. The zero-order valence-corrected chi connectivity index (χ0v) is 15.8. The summed E-state index contributed by atoms with van der Waals surface area (Å²) in [5, 5.41) is 8.99. The molecule has 0 unspecified atom stereocenters. The quantitative estimate of drug-likeness (QED) is 0.687. The van der Waals surface area contributed by atoms with Gasteiger partial charge in [-0.25, -0.2) is 4.79 Å². The predicted octanol–water partition coefficient (Wildman–Crippen LogP) is 6.01. The summed E-state index contributed by atoms with van der Waals surface area (Å²) in [6, 6.07) is 13.8. The molecule has 130 valence electrons. The van der Waals surface area contributed by atoms with Gasteiger partial charge in [0.1, 0.15) is 0 Å². The van der Waals surface area contributed by atoms with Gasteiger partial charge >= 0.3 is 5.97 Å². The Kier molecular flexibility index (Phi) is 5.05. The number of benzene rings is 2. The Morgan fingerprint density at radius 3 is 2.48 bits per heavy atom. The minimum atomic E-state index is -0.890. The van der Waals surface area contributed by atoms with Gasteiger partial charge in [0.2, 0.25) is 0 Å². The van der Waals surface area contributed by atoms with Crippen LogP contribution in [0.25, 0.3) is 11.6 Å². The second-order valence-corrected chi connectivity index (χ2v) is 8.55. The van der Waals surface area contributed by atoms with Crippen LogP contribution in [0.2, 0.25) is 0 Å². The van der Waals surface area contributed by atoms with E-state index in [1.807, 2.05) is 23.9 Å². The van der Waals surface area contributed by atoms with Gasteiger partial charge < -0.3 is 5.11 Å². The SMILES string of the molecule is CC(=Cc1ccc(C(=O)O)cc1)c1ccc2c(c1)CCC(C)(C)CS2. The third-order valence-corrected chi connectivity index (χ3v) is 6.38. The molecule has 0 spiro atoms. The first-order valence-corrected chi connectivity index (χ1v) is 9.60. The number of carbonyl (C=O) groups is 1. The number of carboxylic acids is 1. The number of carboxylic acid groups (broad SMARTS) is 1. The summed E-state index contributed by atoms with van der Waals surface area (Å²) in [5.41, 5.74) is 5.61. The molecule has 2 nitrogen and oxygen atoms in total. The van der Waals surface area contributed by atoms with E-state index in [9.17, 15) is 4.79 Å². The standard InChI is InChI=1S/C22H24O2S/c1-15(12-16-4-6-17(7-5-16)21(23)24)18-8-9-20-19(13-18)10-11-22(2,3)14-25-20/h4-9,12-13H,10-11,14H2,1-3H3,(H,23,24). The molecule has 0 saturated carbocycles. The van der Waals surface area contributed by atoms with Crippen LogP contribution in [0.5, 0.6) is 0 Å². The van der Waals surface area contributed by atoms with E-state index in [0.29, 0.717) is 11.0 Å². The zero-order chi connectivity index (χ0) is 18.0. The highest BCUT2D eigenvalue weighted by atomic mass is 32.2. The topological polar surface area (TPSA) is 37.3 Å². The molecule has 0 atom stereocenters. The first kappa shape index (κ1) is 17.8. The Morgan fingerprint density at radius 1 is 1.12 bits per heavy atom. The van der Waals surface area contributed by atoms with Crippen molar-refractivity contribution in [1.29, 1.82) is 0 Å². The molecule has 0 bridgehead atoms. The van der Waals surface area contributed by atoms with Crippen LogP contribution >= 0.6 is 11.8 Å². The summed E-state index contributed by atoms with van der Waals surface area (Å²) in [5.74, 6) is 0.280. The Balaban J connectivity index is 1.84. The largest absolute Gasteiger partial charge is 0.478 e. The van der Waals surface area contributed by atoms with E-state index < -0.39 is 5.97 Å². The van der Waals surface area contributed by atoms with Crippen molar-refractivity contribution >= 4 is 29.4 Å². The second kappa shape index (κ2) is 7.09. The maximum Gasteiger partial charge on any atom is 0.335 e. The summed E-state index contributed by atoms with van der Waals surface area (Å²) in [6.07, 6.45) is 4.46. The van der Waals surface area contributed by atoms with Gasteiger partial charge in [0, 0.05) is 10.6 Å². The molecule has 0 aromatic heterocycles. The average molecular weight is 352 g/mol. The monoisotopic (exact) mass is 352 g/mol. The zero-order valence-electron chi connectivity index (χ0n) is 15.0. The van der Waals surface area contributed by atoms with Gasteiger partial charge in [-0.05, 0) is 65.6 Å². The number of hydrogen-bond acceptors (Lipinski definition) is 2. The van der Waals surface area contributed by atoms with Gasteiger partial charge in [0.15, 0.2) is 0 Å². The molecule has 0 amide bonds. The Labute approximate surface area is 154 Å². The van der Waals surface area contributed by atoms with E-state index in [1.165, 1.54) is 33.8 Å². The van der Waals surface area contributed by atoms with Crippen LogP contribution < -0.4 is 0 Å². The van der Waals surface area contributed by atoms with E-state index in [-0.39, 0.29) is 0 Å². The number of thioether (sulfide) groups is 1. The van der Waals surface area contributed by atoms with Gasteiger partial charge in [-0.3, -0.25) is 0 Å². The molecule has 0 fully saturated rings. The molecule has 25 heavy (non-hydrogen) atoms. The molecule has 0 saturated heterocycles. The average Bonchev–Trinajstić information content (AvgIpc) is 2.73. The fourth-order valence-corrected chi connectivity index (χ4v) is 4.24. The van der Waals surface area contributed by atoms with Gasteiger partial charge in [0.05, 0.1) is 5.56 Å². The lowest BCUT2D eigenvalue weighted by molar-refractivity contribution is 0.0697. The summed E-state index contributed by atoms with van der Waals surface area (Å²) in [4.78, 5) is 12.4. The number of allylic oxidation sites excluding steroid dienone is 1.